The van der Waals surface area contributed by atoms with Gasteiger partial charge in [0, 0.05) is 31.5 Å². The van der Waals surface area contributed by atoms with Crippen LogP contribution in [-0.4, -0.2) is 50.2 Å². The van der Waals surface area contributed by atoms with Gasteiger partial charge in [0.05, 0.1) is 0 Å². The molecule has 0 bridgehead atoms. The molecule has 23 heavy (non-hydrogen) atoms. The van der Waals surface area contributed by atoms with Gasteiger partial charge in [0.25, 0.3) is 0 Å². The molecule has 1 aromatic rings. The molecule has 0 aliphatic rings. The number of pyridine rings is 1. The minimum Gasteiger partial charge on any atom is -0.481 e. The smallest absolute Gasteiger partial charge is 0.340 e. The van der Waals surface area contributed by atoms with Crippen LogP contribution in [0.1, 0.15) is 12.5 Å². The van der Waals surface area contributed by atoms with E-state index in [9.17, 15) is 19.3 Å². The van der Waals surface area contributed by atoms with E-state index in [0.29, 0.717) is 5.56 Å². The molecule has 0 aromatic carbocycles. The predicted octanol–water partition coefficient (Wildman–Crippen LogP) is -1.36. The van der Waals surface area contributed by atoms with Crippen LogP contribution in [0.2, 0.25) is 0 Å². The molecule has 0 saturated carbocycles. The summed E-state index contributed by atoms with van der Waals surface area (Å²) >= 11 is 0. The summed E-state index contributed by atoms with van der Waals surface area (Å²) in [6.07, 6.45) is 1.94. The monoisotopic (exact) mass is 347 g/mol. The van der Waals surface area contributed by atoms with Crippen LogP contribution in [0.4, 0.5) is 0 Å². The standard InChI is InChI=1S/C13H19N2O7P/c1-9(16)14-6-11(17)8-15-4-2-3-10(7-15)5-12(13(18)19)23(20,21)22/h2-4,7,11-12,17H,5-6,8H2,1H3,(H3-,14,16,18,19,20,21,22)/p+1. The van der Waals surface area contributed by atoms with E-state index in [-0.39, 0.29) is 25.4 Å². The fourth-order valence-corrected chi connectivity index (χ4v) is 2.69. The van der Waals surface area contributed by atoms with Crippen molar-refractivity contribution in [1.29, 1.82) is 0 Å². The largest absolute Gasteiger partial charge is 0.481 e. The molecule has 0 aliphatic carbocycles. The van der Waals surface area contributed by atoms with Crippen LogP contribution in [-0.2, 0) is 27.1 Å². The quantitative estimate of drug-likeness (QED) is 0.288. The van der Waals surface area contributed by atoms with Gasteiger partial charge in [0.15, 0.2) is 24.6 Å². The SMILES string of the molecule is CC(=O)NCC(O)C[n+]1cccc(CC(C(=O)O)P(=O)(O)O)c1. The number of aliphatic hydroxyl groups excluding tert-OH is 1. The Bertz CT molecular complexity index is 616. The molecule has 9 nitrogen and oxygen atoms in total. The number of carbonyl (C=O) groups is 2. The second-order valence-electron chi connectivity index (χ2n) is 5.15. The Morgan fingerprint density at radius 1 is 1.39 bits per heavy atom. The highest BCUT2D eigenvalue weighted by molar-refractivity contribution is 7.53. The van der Waals surface area contributed by atoms with Gasteiger partial charge in [0.1, 0.15) is 6.10 Å². The molecule has 1 rings (SSSR count). The zero-order valence-corrected chi connectivity index (χ0v) is 13.4. The zero-order chi connectivity index (χ0) is 17.6. The second-order valence-corrected chi connectivity index (χ2v) is 6.95. The lowest BCUT2D eigenvalue weighted by atomic mass is 10.1. The highest BCUT2D eigenvalue weighted by Crippen LogP contribution is 2.42. The maximum absolute atomic E-state index is 11.2. The molecule has 0 aliphatic heterocycles. The third kappa shape index (κ3) is 6.87. The van der Waals surface area contributed by atoms with E-state index in [0.717, 1.165) is 0 Å². The molecule has 1 aromatic heterocycles. The van der Waals surface area contributed by atoms with Gasteiger partial charge in [-0.3, -0.25) is 14.2 Å². The lowest BCUT2D eigenvalue weighted by molar-refractivity contribution is -0.703. The van der Waals surface area contributed by atoms with Gasteiger partial charge < -0.3 is 25.3 Å². The number of aliphatic carboxylic acids is 1. The molecule has 2 atom stereocenters. The molecule has 10 heteroatoms. The minimum atomic E-state index is -4.77. The van der Waals surface area contributed by atoms with Crippen LogP contribution in [0.5, 0.6) is 0 Å². The van der Waals surface area contributed by atoms with E-state index in [2.05, 4.69) is 5.32 Å². The van der Waals surface area contributed by atoms with Crippen LogP contribution in [0, 0.1) is 0 Å². The third-order valence-electron chi connectivity index (χ3n) is 3.05. The molecule has 0 fully saturated rings. The predicted molar refractivity (Wildman–Crippen MR) is 78.5 cm³/mol. The van der Waals surface area contributed by atoms with E-state index in [1.165, 1.54) is 13.1 Å². The summed E-state index contributed by atoms with van der Waals surface area (Å²) in [5.74, 6) is -1.84. The Morgan fingerprint density at radius 2 is 2.04 bits per heavy atom. The molecule has 0 saturated heterocycles. The summed E-state index contributed by atoms with van der Waals surface area (Å²) < 4.78 is 12.8. The number of carbonyl (C=O) groups excluding carboxylic acids is 1. The van der Waals surface area contributed by atoms with Gasteiger partial charge >= 0.3 is 13.6 Å². The Labute approximate surface area is 132 Å². The number of nitrogens with one attached hydrogen (secondary N) is 1. The average molecular weight is 347 g/mol. The van der Waals surface area contributed by atoms with Crippen LogP contribution in [0.3, 0.4) is 0 Å². The van der Waals surface area contributed by atoms with Gasteiger partial charge in [-0.25, -0.2) is 4.57 Å². The number of aromatic nitrogens is 1. The normalized spacial score (nSPS) is 14.1. The van der Waals surface area contributed by atoms with Crippen LogP contribution >= 0.6 is 7.60 Å². The van der Waals surface area contributed by atoms with Crippen molar-refractivity contribution >= 4 is 19.5 Å². The summed E-state index contributed by atoms with van der Waals surface area (Å²) in [5.41, 5.74) is -1.40. The number of aliphatic hydroxyl groups is 1. The lowest BCUT2D eigenvalue weighted by Gasteiger charge is -2.13. The first kappa shape index (κ1) is 19.2. The van der Waals surface area contributed by atoms with Gasteiger partial charge in [-0.2, -0.15) is 0 Å². The average Bonchev–Trinajstić information content (AvgIpc) is 2.41. The first-order chi connectivity index (χ1) is 10.6. The number of nitrogens with zero attached hydrogens (tertiary/aromatic N) is 1. The fourth-order valence-electron chi connectivity index (χ4n) is 1.95. The zero-order valence-electron chi connectivity index (χ0n) is 12.5. The molecular weight excluding hydrogens is 327 g/mol. The van der Waals surface area contributed by atoms with Crippen molar-refractivity contribution in [1.82, 2.24) is 5.32 Å². The Morgan fingerprint density at radius 3 is 2.57 bits per heavy atom. The van der Waals surface area contributed by atoms with Crippen LogP contribution < -0.4 is 9.88 Å². The molecule has 2 unspecified atom stereocenters. The number of amides is 1. The van der Waals surface area contributed by atoms with E-state index < -0.39 is 25.3 Å². The number of hydrogen-bond acceptors (Lipinski definition) is 4. The highest BCUT2D eigenvalue weighted by Gasteiger charge is 2.36. The molecule has 0 radical (unpaired) electrons. The van der Waals surface area contributed by atoms with Crippen molar-refractivity contribution in [2.45, 2.75) is 31.7 Å². The first-order valence-electron chi connectivity index (χ1n) is 6.78. The van der Waals surface area contributed by atoms with Crippen molar-refractivity contribution in [3.63, 3.8) is 0 Å². The van der Waals surface area contributed by atoms with Crippen molar-refractivity contribution in [3.8, 4) is 0 Å². The maximum atomic E-state index is 11.2. The topological polar surface area (TPSA) is 148 Å². The summed E-state index contributed by atoms with van der Waals surface area (Å²) in [6, 6.07) is 3.13. The Balaban J connectivity index is 2.78. The van der Waals surface area contributed by atoms with E-state index in [1.807, 2.05) is 0 Å². The van der Waals surface area contributed by atoms with Crippen molar-refractivity contribution in [2.24, 2.45) is 0 Å². The van der Waals surface area contributed by atoms with Crippen molar-refractivity contribution < 1.29 is 38.7 Å². The number of hydrogen-bond donors (Lipinski definition) is 5. The van der Waals surface area contributed by atoms with Gasteiger partial charge in [-0.15, -0.1) is 0 Å². The van der Waals surface area contributed by atoms with Crippen LogP contribution in [0.25, 0.3) is 0 Å². The molecule has 128 valence electrons. The van der Waals surface area contributed by atoms with E-state index in [1.54, 1.807) is 22.9 Å². The molecule has 1 heterocycles. The molecule has 5 N–H and O–H groups in total. The Hall–Kier alpha value is -1.80. The third-order valence-corrected chi connectivity index (χ3v) is 4.26. The minimum absolute atomic E-state index is 0.0623. The summed E-state index contributed by atoms with van der Waals surface area (Å²) in [4.78, 5) is 39.9. The maximum Gasteiger partial charge on any atom is 0.340 e. The molecule has 0 spiro atoms. The van der Waals surface area contributed by atoms with E-state index in [4.69, 9.17) is 14.9 Å². The summed E-state index contributed by atoms with van der Waals surface area (Å²) in [6.45, 7) is 1.53. The van der Waals surface area contributed by atoms with Crippen LogP contribution in [0.15, 0.2) is 24.5 Å². The van der Waals surface area contributed by atoms with Gasteiger partial charge in [0.2, 0.25) is 5.91 Å². The summed E-state index contributed by atoms with van der Waals surface area (Å²) in [5, 5.41) is 21.2. The fraction of sp³-hybridized carbons (Fsp3) is 0.462. The molecule has 1 amide bonds. The van der Waals surface area contributed by atoms with Crippen molar-refractivity contribution in [3.05, 3.63) is 30.1 Å². The highest BCUT2D eigenvalue weighted by atomic mass is 31.2. The Kier molecular flexibility index (Phi) is 6.83. The summed E-state index contributed by atoms with van der Waals surface area (Å²) in [7, 11) is -4.77. The van der Waals surface area contributed by atoms with E-state index >= 15 is 0 Å². The second kappa shape index (κ2) is 8.16. The lowest BCUT2D eigenvalue weighted by Crippen LogP contribution is -2.44. The number of carboxylic acids is 1. The van der Waals surface area contributed by atoms with Gasteiger partial charge in [-0.05, 0) is 6.07 Å². The number of rotatable bonds is 8. The van der Waals surface area contributed by atoms with Crippen molar-refractivity contribution in [2.75, 3.05) is 6.54 Å². The molecular formula is C13H20N2O7P+. The first-order valence-corrected chi connectivity index (χ1v) is 8.46. The van der Waals surface area contributed by atoms with Gasteiger partial charge in [-0.1, -0.05) is 0 Å². The number of carboxylic acid groups (broad SMARTS) is 1.